The van der Waals surface area contributed by atoms with Gasteiger partial charge >= 0.3 is 0 Å². The van der Waals surface area contributed by atoms with Gasteiger partial charge in [0.25, 0.3) is 0 Å². The molecule has 1 aromatic rings. The molecule has 0 amide bonds. The molecule has 0 aliphatic carbocycles. The Bertz CT molecular complexity index is 478. The number of nitrogens with one attached hydrogen (secondary N) is 1. The normalized spacial score (nSPS) is 11.8. The van der Waals surface area contributed by atoms with Crippen molar-refractivity contribution in [3.8, 4) is 0 Å². The van der Waals surface area contributed by atoms with Crippen LogP contribution in [0.25, 0.3) is 0 Å². The third kappa shape index (κ3) is 4.04. The lowest BCUT2D eigenvalue weighted by molar-refractivity contribution is 0.588. The van der Waals surface area contributed by atoms with Gasteiger partial charge in [0.05, 0.1) is 11.0 Å². The van der Waals surface area contributed by atoms with Crippen LogP contribution in [0.1, 0.15) is 25.0 Å². The molecule has 4 heteroatoms. The van der Waals surface area contributed by atoms with Crippen molar-refractivity contribution >= 4 is 15.5 Å². The number of aryl methyl sites for hydroxylation is 2. The maximum atomic E-state index is 11.6. The van der Waals surface area contributed by atoms with Crippen molar-refractivity contribution in [2.75, 3.05) is 17.6 Å². The molecule has 0 radical (unpaired) electrons. The number of anilines is 1. The summed E-state index contributed by atoms with van der Waals surface area (Å²) in [5.41, 5.74) is 3.43. The third-order valence-electron chi connectivity index (χ3n) is 2.94. The van der Waals surface area contributed by atoms with Gasteiger partial charge in [0.15, 0.2) is 9.84 Å². The smallest absolute Gasteiger partial charge is 0.154 e. The molecule has 0 saturated carbocycles. The Labute approximate surface area is 104 Å². The largest absolute Gasteiger partial charge is 0.384 e. The second-order valence-corrected chi connectivity index (χ2v) is 7.32. The molecule has 17 heavy (non-hydrogen) atoms. The molecule has 0 aliphatic heterocycles. The monoisotopic (exact) mass is 255 g/mol. The molecule has 3 nitrogen and oxygen atoms in total. The molecule has 1 aromatic carbocycles. The fraction of sp³-hybridized carbons (Fsp3) is 0.538. The molecule has 0 bridgehead atoms. The lowest BCUT2D eigenvalue weighted by Gasteiger charge is -2.10. The summed E-state index contributed by atoms with van der Waals surface area (Å²) in [4.78, 5) is 0. The number of rotatable bonds is 5. The van der Waals surface area contributed by atoms with E-state index >= 15 is 0 Å². The van der Waals surface area contributed by atoms with Crippen molar-refractivity contribution in [2.24, 2.45) is 0 Å². The number of benzene rings is 1. The summed E-state index contributed by atoms with van der Waals surface area (Å²) in [6.07, 6.45) is 0. The van der Waals surface area contributed by atoms with Crippen LogP contribution in [-0.2, 0) is 9.84 Å². The summed E-state index contributed by atoms with van der Waals surface area (Å²) in [6.45, 7) is 7.99. The van der Waals surface area contributed by atoms with E-state index in [0.717, 1.165) is 5.69 Å². The fourth-order valence-corrected chi connectivity index (χ4v) is 2.28. The van der Waals surface area contributed by atoms with Gasteiger partial charge in [-0.15, -0.1) is 0 Å². The van der Waals surface area contributed by atoms with E-state index in [-0.39, 0.29) is 11.0 Å². The molecule has 0 atom stereocenters. The molecule has 0 heterocycles. The van der Waals surface area contributed by atoms with Crippen LogP contribution in [0.5, 0.6) is 0 Å². The van der Waals surface area contributed by atoms with Crippen molar-refractivity contribution in [3.05, 3.63) is 29.3 Å². The first kappa shape index (κ1) is 14.0. The number of hydrogen-bond donors (Lipinski definition) is 1. The zero-order valence-electron chi connectivity index (χ0n) is 10.9. The van der Waals surface area contributed by atoms with Gasteiger partial charge in [0, 0.05) is 12.2 Å². The van der Waals surface area contributed by atoms with E-state index in [9.17, 15) is 8.42 Å². The molecule has 0 aliphatic rings. The topological polar surface area (TPSA) is 46.2 Å². The van der Waals surface area contributed by atoms with E-state index in [1.54, 1.807) is 13.8 Å². The quantitative estimate of drug-likeness (QED) is 0.879. The highest BCUT2D eigenvalue weighted by molar-refractivity contribution is 7.92. The van der Waals surface area contributed by atoms with Gasteiger partial charge < -0.3 is 5.32 Å². The van der Waals surface area contributed by atoms with Crippen LogP contribution in [0.4, 0.5) is 5.69 Å². The Balaban J connectivity index is 2.55. The highest BCUT2D eigenvalue weighted by atomic mass is 32.2. The van der Waals surface area contributed by atoms with Gasteiger partial charge in [-0.3, -0.25) is 0 Å². The van der Waals surface area contributed by atoms with E-state index < -0.39 is 9.84 Å². The minimum absolute atomic E-state index is 0.178. The summed E-state index contributed by atoms with van der Waals surface area (Å²) >= 11 is 0. The molecule has 1 rings (SSSR count). The summed E-state index contributed by atoms with van der Waals surface area (Å²) < 4.78 is 23.2. The van der Waals surface area contributed by atoms with Crippen LogP contribution in [0, 0.1) is 13.8 Å². The van der Waals surface area contributed by atoms with Crippen LogP contribution in [0.2, 0.25) is 0 Å². The molecule has 0 spiro atoms. The van der Waals surface area contributed by atoms with Crippen molar-refractivity contribution < 1.29 is 8.42 Å². The molecule has 1 N–H and O–H groups in total. The molecule has 0 aromatic heterocycles. The lowest BCUT2D eigenvalue weighted by atomic mass is 10.1. The van der Waals surface area contributed by atoms with Crippen molar-refractivity contribution in [2.45, 2.75) is 32.9 Å². The van der Waals surface area contributed by atoms with E-state index in [4.69, 9.17) is 0 Å². The standard InChI is InChI=1S/C13H21NO2S/c1-10(2)17(15,16)8-7-14-13-6-5-11(3)12(4)9-13/h5-6,9-10,14H,7-8H2,1-4H3. The Morgan fingerprint density at radius 3 is 2.35 bits per heavy atom. The van der Waals surface area contributed by atoms with Crippen molar-refractivity contribution in [1.29, 1.82) is 0 Å². The maximum Gasteiger partial charge on any atom is 0.154 e. The average Bonchev–Trinajstić information content (AvgIpc) is 2.23. The summed E-state index contributed by atoms with van der Waals surface area (Å²) in [5, 5.41) is 2.84. The van der Waals surface area contributed by atoms with E-state index in [1.165, 1.54) is 11.1 Å². The lowest BCUT2D eigenvalue weighted by Crippen LogP contribution is -2.22. The van der Waals surface area contributed by atoms with Crippen molar-refractivity contribution in [1.82, 2.24) is 0 Å². The first-order chi connectivity index (χ1) is 7.83. The minimum atomic E-state index is -2.95. The van der Waals surface area contributed by atoms with Gasteiger partial charge in [-0.1, -0.05) is 6.07 Å². The summed E-state index contributed by atoms with van der Waals surface area (Å²) in [5.74, 6) is 0.178. The molecule has 0 unspecified atom stereocenters. The Hall–Kier alpha value is -1.03. The zero-order valence-corrected chi connectivity index (χ0v) is 11.8. The Kier molecular flexibility index (Phi) is 4.57. The van der Waals surface area contributed by atoms with E-state index in [0.29, 0.717) is 6.54 Å². The SMILES string of the molecule is Cc1ccc(NCCS(=O)(=O)C(C)C)cc1C. The molecule has 0 saturated heterocycles. The number of sulfone groups is 1. The van der Waals surface area contributed by atoms with Crippen molar-refractivity contribution in [3.63, 3.8) is 0 Å². The van der Waals surface area contributed by atoms with Crippen LogP contribution in [-0.4, -0.2) is 26.0 Å². The zero-order chi connectivity index (χ0) is 13.1. The predicted molar refractivity (Wildman–Crippen MR) is 73.3 cm³/mol. The van der Waals surface area contributed by atoms with Gasteiger partial charge in [-0.25, -0.2) is 8.42 Å². The first-order valence-electron chi connectivity index (χ1n) is 5.85. The Morgan fingerprint density at radius 1 is 1.18 bits per heavy atom. The second-order valence-electron chi connectivity index (χ2n) is 4.64. The molecular formula is C13H21NO2S. The first-order valence-corrected chi connectivity index (χ1v) is 7.57. The Morgan fingerprint density at radius 2 is 1.82 bits per heavy atom. The highest BCUT2D eigenvalue weighted by Gasteiger charge is 2.14. The van der Waals surface area contributed by atoms with Crippen LogP contribution in [0.3, 0.4) is 0 Å². The minimum Gasteiger partial charge on any atom is -0.384 e. The summed E-state index contributed by atoms with van der Waals surface area (Å²) in [6, 6.07) is 6.05. The maximum absolute atomic E-state index is 11.6. The number of hydrogen-bond acceptors (Lipinski definition) is 3. The van der Waals surface area contributed by atoms with Gasteiger partial charge in [0.1, 0.15) is 0 Å². The van der Waals surface area contributed by atoms with E-state index in [1.807, 2.05) is 25.1 Å². The summed E-state index contributed by atoms with van der Waals surface area (Å²) in [7, 11) is -2.95. The molecule has 0 fully saturated rings. The predicted octanol–water partition coefficient (Wildman–Crippen LogP) is 2.54. The molecular weight excluding hydrogens is 234 g/mol. The van der Waals surface area contributed by atoms with Crippen LogP contribution in [0.15, 0.2) is 18.2 Å². The average molecular weight is 255 g/mol. The van der Waals surface area contributed by atoms with Gasteiger partial charge in [-0.2, -0.15) is 0 Å². The second kappa shape index (κ2) is 5.54. The third-order valence-corrected chi connectivity index (χ3v) is 5.15. The van der Waals surface area contributed by atoms with Crippen LogP contribution >= 0.6 is 0 Å². The molecule has 96 valence electrons. The van der Waals surface area contributed by atoms with E-state index in [2.05, 4.69) is 12.2 Å². The fourth-order valence-electron chi connectivity index (χ4n) is 1.42. The van der Waals surface area contributed by atoms with Gasteiger partial charge in [0.2, 0.25) is 0 Å². The van der Waals surface area contributed by atoms with Gasteiger partial charge in [-0.05, 0) is 51.0 Å². The highest BCUT2D eigenvalue weighted by Crippen LogP contribution is 2.14. The van der Waals surface area contributed by atoms with Crippen LogP contribution < -0.4 is 5.32 Å².